The van der Waals surface area contributed by atoms with Crippen LogP contribution < -0.4 is 0 Å². The van der Waals surface area contributed by atoms with Gasteiger partial charge in [0.1, 0.15) is 6.10 Å². The number of aliphatic hydroxyl groups is 3. The maximum atomic E-state index is 12.9. The first-order chi connectivity index (χ1) is 17.5. The highest BCUT2D eigenvalue weighted by molar-refractivity contribution is 5.95. The van der Waals surface area contributed by atoms with E-state index in [1.54, 1.807) is 13.8 Å². The smallest absolute Gasteiger partial charge is 0.161 e. The summed E-state index contributed by atoms with van der Waals surface area (Å²) in [7, 11) is 0. The number of fused-ring (bicyclic) bond motifs is 5. The fourth-order valence-corrected chi connectivity index (χ4v) is 10.00. The highest BCUT2D eigenvalue weighted by Crippen LogP contribution is 2.72. The van der Waals surface area contributed by atoms with Gasteiger partial charge in [0.05, 0.1) is 17.8 Å². The predicted molar refractivity (Wildman–Crippen MR) is 146 cm³/mol. The molecule has 0 aromatic carbocycles. The third-order valence-corrected chi connectivity index (χ3v) is 12.1. The van der Waals surface area contributed by atoms with Crippen molar-refractivity contribution in [2.75, 3.05) is 6.61 Å². The molecule has 38 heavy (non-hydrogen) atoms. The molecule has 0 spiro atoms. The topological polar surface area (TPSA) is 96.2 Å². The maximum absolute atomic E-state index is 12.9. The summed E-state index contributed by atoms with van der Waals surface area (Å²) in [6, 6.07) is 0. The number of hydrogen-bond acceptors (Lipinski definition) is 6. The van der Waals surface area contributed by atoms with E-state index in [4.69, 9.17) is 9.47 Å². The van der Waals surface area contributed by atoms with Crippen molar-refractivity contribution in [1.29, 1.82) is 0 Å². The molecule has 3 N–H and O–H groups in total. The van der Waals surface area contributed by atoms with Crippen molar-refractivity contribution in [3.8, 4) is 0 Å². The molecule has 5 rings (SSSR count). The van der Waals surface area contributed by atoms with Crippen LogP contribution in [0.5, 0.6) is 0 Å². The van der Waals surface area contributed by atoms with E-state index >= 15 is 0 Å². The SMILES string of the molecule is CCO[C@@H]1O[C@@H]([C@@H](O)C(C)(C)O)C[C@H]1[C@@H]1CC=C2[C@]3(C)[C@H](O)C[C@H]4C(C)(C)C(=O)C=C[C@]4(C)[C@H]3CC[C@]21C. The van der Waals surface area contributed by atoms with E-state index in [0.717, 1.165) is 19.3 Å². The van der Waals surface area contributed by atoms with Crippen LogP contribution >= 0.6 is 0 Å². The van der Waals surface area contributed by atoms with Gasteiger partial charge < -0.3 is 24.8 Å². The Hall–Kier alpha value is -1.05. The Balaban J connectivity index is 1.47. The van der Waals surface area contributed by atoms with Crippen LogP contribution in [0.4, 0.5) is 0 Å². The Morgan fingerprint density at radius 2 is 1.84 bits per heavy atom. The predicted octanol–water partition coefficient (Wildman–Crippen LogP) is 4.81. The molecule has 0 aromatic rings. The number of rotatable bonds is 5. The molecule has 5 aliphatic rings. The lowest BCUT2D eigenvalue weighted by Gasteiger charge is -2.66. The van der Waals surface area contributed by atoms with Crippen LogP contribution in [0.3, 0.4) is 0 Å². The molecule has 0 radical (unpaired) electrons. The van der Waals surface area contributed by atoms with Gasteiger partial charge in [0.2, 0.25) is 0 Å². The molecule has 0 bridgehead atoms. The Morgan fingerprint density at radius 1 is 1.16 bits per heavy atom. The molecule has 1 heterocycles. The van der Waals surface area contributed by atoms with Crippen molar-refractivity contribution in [1.82, 2.24) is 0 Å². The van der Waals surface area contributed by atoms with E-state index in [9.17, 15) is 20.1 Å². The zero-order valence-electron chi connectivity index (χ0n) is 24.7. The fourth-order valence-electron chi connectivity index (χ4n) is 10.00. The molecule has 3 fully saturated rings. The van der Waals surface area contributed by atoms with Gasteiger partial charge in [-0.05, 0) is 87.5 Å². The molecule has 0 amide bonds. The van der Waals surface area contributed by atoms with E-state index < -0.39 is 35.6 Å². The Morgan fingerprint density at radius 3 is 2.47 bits per heavy atom. The fraction of sp³-hybridized carbons (Fsp3) is 0.844. The van der Waals surface area contributed by atoms with E-state index in [0.29, 0.717) is 19.4 Å². The van der Waals surface area contributed by atoms with Crippen LogP contribution in [0.1, 0.15) is 87.5 Å². The standard InChI is InChI=1S/C32H50O6/c1-9-37-27-18(16-20(38-27)26(35)29(4,5)36)19-10-11-21-30(19,6)14-12-22-31(7)15-13-24(33)28(2,3)23(31)17-25(34)32(21,22)8/h11,13,15,18-20,22-23,25-27,34-36H,9-10,12,14,16-17H2,1-8H3/t18-,19-,20+,22+,23-,25+,26+,27+,30-,31+,32-/m0/s1. The largest absolute Gasteiger partial charge is 0.392 e. The number of ether oxygens (including phenoxy) is 2. The van der Waals surface area contributed by atoms with E-state index in [1.165, 1.54) is 5.57 Å². The molecule has 4 aliphatic carbocycles. The number of allylic oxidation sites excluding steroid dienone is 3. The molecule has 2 saturated carbocycles. The number of carbonyl (C=O) groups is 1. The molecule has 11 atom stereocenters. The van der Waals surface area contributed by atoms with Crippen molar-refractivity contribution in [3.63, 3.8) is 0 Å². The molecule has 214 valence electrons. The van der Waals surface area contributed by atoms with Crippen LogP contribution in [0.25, 0.3) is 0 Å². The minimum atomic E-state index is -1.26. The van der Waals surface area contributed by atoms with E-state index in [-0.39, 0.29) is 45.7 Å². The average molecular weight is 531 g/mol. The minimum Gasteiger partial charge on any atom is -0.392 e. The second-order valence-corrected chi connectivity index (χ2v) is 14.8. The molecular formula is C32H50O6. The highest BCUT2D eigenvalue weighted by atomic mass is 16.7. The molecule has 6 heteroatoms. The summed E-state index contributed by atoms with van der Waals surface area (Å²) < 4.78 is 12.4. The lowest BCUT2D eigenvalue weighted by Crippen LogP contribution is -2.63. The second kappa shape index (κ2) is 8.97. The monoisotopic (exact) mass is 530 g/mol. The summed E-state index contributed by atoms with van der Waals surface area (Å²) in [5.41, 5.74) is -1.02. The Bertz CT molecular complexity index is 1020. The third kappa shape index (κ3) is 3.80. The van der Waals surface area contributed by atoms with Gasteiger partial charge in [-0.2, -0.15) is 0 Å². The van der Waals surface area contributed by atoms with E-state index in [1.807, 2.05) is 13.0 Å². The molecule has 0 aromatic heterocycles. The Labute approximate surface area is 228 Å². The normalized spacial score (nSPS) is 48.8. The van der Waals surface area contributed by atoms with Crippen LogP contribution in [0.15, 0.2) is 23.8 Å². The van der Waals surface area contributed by atoms with Crippen molar-refractivity contribution >= 4 is 5.78 Å². The molecule has 1 aliphatic heterocycles. The van der Waals surface area contributed by atoms with Gasteiger partial charge >= 0.3 is 0 Å². The van der Waals surface area contributed by atoms with Gasteiger partial charge in [-0.1, -0.05) is 52.3 Å². The van der Waals surface area contributed by atoms with Gasteiger partial charge in [-0.25, -0.2) is 0 Å². The number of ketones is 1. The zero-order valence-corrected chi connectivity index (χ0v) is 24.7. The summed E-state index contributed by atoms with van der Waals surface area (Å²) >= 11 is 0. The summed E-state index contributed by atoms with van der Waals surface area (Å²) in [5.74, 6) is 0.882. The van der Waals surface area contributed by atoms with Crippen LogP contribution in [0.2, 0.25) is 0 Å². The van der Waals surface area contributed by atoms with Crippen molar-refractivity contribution in [2.45, 2.75) is 118 Å². The maximum Gasteiger partial charge on any atom is 0.161 e. The average Bonchev–Trinajstić information content (AvgIpc) is 3.39. The summed E-state index contributed by atoms with van der Waals surface area (Å²) in [5, 5.41) is 33.2. The summed E-state index contributed by atoms with van der Waals surface area (Å²) in [6.45, 7) is 16.8. The molecule has 0 unspecified atom stereocenters. The second-order valence-electron chi connectivity index (χ2n) is 14.8. The lowest BCUT2D eigenvalue weighted by atomic mass is 9.38. The minimum absolute atomic E-state index is 0.0889. The van der Waals surface area contributed by atoms with Crippen LogP contribution in [-0.4, -0.2) is 57.9 Å². The number of hydrogen-bond donors (Lipinski definition) is 3. The first kappa shape index (κ1) is 28.5. The van der Waals surface area contributed by atoms with Gasteiger partial charge in [0, 0.05) is 23.4 Å². The molecular weight excluding hydrogens is 480 g/mol. The van der Waals surface area contributed by atoms with Gasteiger partial charge in [0.25, 0.3) is 0 Å². The van der Waals surface area contributed by atoms with Gasteiger partial charge in [-0.3, -0.25) is 4.79 Å². The quantitative estimate of drug-likeness (QED) is 0.442. The third-order valence-electron chi connectivity index (χ3n) is 12.1. The zero-order chi connectivity index (χ0) is 28.1. The van der Waals surface area contributed by atoms with Crippen molar-refractivity contribution in [2.24, 2.45) is 45.3 Å². The van der Waals surface area contributed by atoms with Gasteiger partial charge in [-0.15, -0.1) is 0 Å². The number of aliphatic hydroxyl groups excluding tert-OH is 2. The molecule has 6 nitrogen and oxygen atoms in total. The van der Waals surface area contributed by atoms with Crippen molar-refractivity contribution < 1.29 is 29.6 Å². The lowest BCUT2D eigenvalue weighted by molar-refractivity contribution is -0.193. The summed E-state index contributed by atoms with van der Waals surface area (Å²) in [6.07, 6.45) is 8.12. The van der Waals surface area contributed by atoms with Crippen LogP contribution in [0, 0.1) is 45.3 Å². The summed E-state index contributed by atoms with van der Waals surface area (Å²) in [4.78, 5) is 12.9. The first-order valence-corrected chi connectivity index (χ1v) is 14.8. The van der Waals surface area contributed by atoms with E-state index in [2.05, 4.69) is 46.8 Å². The van der Waals surface area contributed by atoms with Crippen LogP contribution in [-0.2, 0) is 14.3 Å². The molecule has 1 saturated heterocycles. The first-order valence-electron chi connectivity index (χ1n) is 14.8. The Kier molecular flexibility index (Phi) is 6.73. The van der Waals surface area contributed by atoms with Gasteiger partial charge in [0.15, 0.2) is 12.1 Å². The van der Waals surface area contributed by atoms with Crippen molar-refractivity contribution in [3.05, 3.63) is 23.8 Å². The highest BCUT2D eigenvalue weighted by Gasteiger charge is 2.68. The number of carbonyl (C=O) groups excluding carboxylic acids is 1.